The molecule has 102 valence electrons. The van der Waals surface area contributed by atoms with Crippen LogP contribution in [0.25, 0.3) is 0 Å². The number of nitro groups is 1. The first-order chi connectivity index (χ1) is 8.98. The average molecular weight is 284 g/mol. The smallest absolute Gasteiger partial charge is 0.292 e. The Bertz CT molecular complexity index is 523. The number of hydrogen-bond donors (Lipinski definition) is 2. The highest BCUT2D eigenvalue weighted by Crippen LogP contribution is 2.41. The third-order valence-electron chi connectivity index (χ3n) is 3.59. The molecule has 1 aromatic rings. The molecule has 1 amide bonds. The first-order valence-electron chi connectivity index (χ1n) is 5.94. The van der Waals surface area contributed by atoms with Gasteiger partial charge in [-0.1, -0.05) is 18.0 Å². The standard InChI is InChI=1S/C12H14ClN3O3/c13-8-2-3-10(16(18)19)9(6-8)15-11(17)12(7-14)4-1-5-12/h2-3,6H,1,4-5,7,14H2,(H,15,17). The zero-order valence-electron chi connectivity index (χ0n) is 10.2. The van der Waals surface area contributed by atoms with E-state index in [2.05, 4.69) is 5.32 Å². The van der Waals surface area contributed by atoms with E-state index in [1.165, 1.54) is 18.2 Å². The first kappa shape index (κ1) is 13.8. The summed E-state index contributed by atoms with van der Waals surface area (Å²) in [6, 6.07) is 4.06. The molecule has 0 saturated heterocycles. The van der Waals surface area contributed by atoms with Gasteiger partial charge in [0.05, 0.1) is 10.3 Å². The fourth-order valence-corrected chi connectivity index (χ4v) is 2.32. The Morgan fingerprint density at radius 2 is 2.21 bits per heavy atom. The fraction of sp³-hybridized carbons (Fsp3) is 0.417. The minimum Gasteiger partial charge on any atom is -0.329 e. The van der Waals surface area contributed by atoms with Crippen LogP contribution in [0.4, 0.5) is 11.4 Å². The van der Waals surface area contributed by atoms with Crippen LogP contribution in [-0.4, -0.2) is 17.4 Å². The Morgan fingerprint density at radius 3 is 2.68 bits per heavy atom. The van der Waals surface area contributed by atoms with Crippen molar-refractivity contribution >= 4 is 28.9 Å². The largest absolute Gasteiger partial charge is 0.329 e. The number of amides is 1. The lowest BCUT2D eigenvalue weighted by Gasteiger charge is -2.38. The Balaban J connectivity index is 2.25. The normalized spacial score (nSPS) is 16.5. The van der Waals surface area contributed by atoms with Crippen LogP contribution in [0.5, 0.6) is 0 Å². The maximum atomic E-state index is 12.2. The van der Waals surface area contributed by atoms with E-state index in [0.717, 1.165) is 6.42 Å². The number of anilines is 1. The van der Waals surface area contributed by atoms with Crippen LogP contribution in [0.2, 0.25) is 5.02 Å². The van der Waals surface area contributed by atoms with Gasteiger partial charge in [0.1, 0.15) is 5.69 Å². The molecule has 0 heterocycles. The molecule has 0 spiro atoms. The minimum absolute atomic E-state index is 0.113. The molecule has 7 heteroatoms. The van der Waals surface area contributed by atoms with Crippen LogP contribution in [0.1, 0.15) is 19.3 Å². The van der Waals surface area contributed by atoms with E-state index in [1.807, 2.05) is 0 Å². The number of carbonyl (C=O) groups excluding carboxylic acids is 1. The van der Waals surface area contributed by atoms with E-state index >= 15 is 0 Å². The molecule has 2 rings (SSSR count). The summed E-state index contributed by atoms with van der Waals surface area (Å²) in [6.07, 6.45) is 2.37. The molecule has 1 aliphatic carbocycles. The predicted molar refractivity (Wildman–Crippen MR) is 72.1 cm³/mol. The highest BCUT2D eigenvalue weighted by Gasteiger charge is 2.43. The van der Waals surface area contributed by atoms with E-state index in [-0.39, 0.29) is 23.8 Å². The van der Waals surface area contributed by atoms with Crippen LogP contribution >= 0.6 is 11.6 Å². The number of benzene rings is 1. The summed E-state index contributed by atoms with van der Waals surface area (Å²) in [7, 11) is 0. The molecular weight excluding hydrogens is 270 g/mol. The van der Waals surface area contributed by atoms with Crippen molar-refractivity contribution in [1.29, 1.82) is 0 Å². The lowest BCUT2D eigenvalue weighted by atomic mass is 9.68. The van der Waals surface area contributed by atoms with Crippen molar-refractivity contribution in [3.63, 3.8) is 0 Å². The molecule has 19 heavy (non-hydrogen) atoms. The van der Waals surface area contributed by atoms with Crippen molar-refractivity contribution in [3.8, 4) is 0 Å². The van der Waals surface area contributed by atoms with Crippen LogP contribution in [0, 0.1) is 15.5 Å². The van der Waals surface area contributed by atoms with Crippen molar-refractivity contribution in [2.45, 2.75) is 19.3 Å². The van der Waals surface area contributed by atoms with Crippen molar-refractivity contribution in [2.75, 3.05) is 11.9 Å². The SMILES string of the molecule is NCC1(C(=O)Nc2cc(Cl)ccc2[N+](=O)[O-])CCC1. The molecule has 1 aromatic carbocycles. The van der Waals surface area contributed by atoms with Gasteiger partial charge in [-0.25, -0.2) is 0 Å². The number of hydrogen-bond acceptors (Lipinski definition) is 4. The van der Waals surface area contributed by atoms with Gasteiger partial charge in [0.15, 0.2) is 0 Å². The summed E-state index contributed by atoms with van der Waals surface area (Å²) in [5.41, 5.74) is 4.98. The summed E-state index contributed by atoms with van der Waals surface area (Å²) in [4.78, 5) is 22.5. The number of nitro benzene ring substituents is 1. The number of nitrogens with two attached hydrogens (primary N) is 1. The maximum Gasteiger partial charge on any atom is 0.292 e. The van der Waals surface area contributed by atoms with Gasteiger partial charge in [0.2, 0.25) is 5.91 Å². The third kappa shape index (κ3) is 2.54. The summed E-state index contributed by atoms with van der Waals surface area (Å²) in [5, 5.41) is 13.8. The third-order valence-corrected chi connectivity index (χ3v) is 3.82. The predicted octanol–water partition coefficient (Wildman–Crippen LogP) is 2.32. The van der Waals surface area contributed by atoms with E-state index in [0.29, 0.717) is 17.9 Å². The molecule has 0 atom stereocenters. The highest BCUT2D eigenvalue weighted by atomic mass is 35.5. The Morgan fingerprint density at radius 1 is 1.53 bits per heavy atom. The van der Waals surface area contributed by atoms with Gasteiger partial charge in [-0.3, -0.25) is 14.9 Å². The summed E-state index contributed by atoms with van der Waals surface area (Å²) < 4.78 is 0. The zero-order valence-corrected chi connectivity index (χ0v) is 10.9. The molecule has 1 saturated carbocycles. The second-order valence-corrected chi connectivity index (χ2v) is 5.15. The monoisotopic (exact) mass is 283 g/mol. The second kappa shape index (κ2) is 5.14. The minimum atomic E-state index is -0.587. The van der Waals surface area contributed by atoms with Crippen molar-refractivity contribution in [2.24, 2.45) is 11.1 Å². The van der Waals surface area contributed by atoms with Gasteiger partial charge in [-0.15, -0.1) is 0 Å². The molecule has 0 radical (unpaired) electrons. The maximum absolute atomic E-state index is 12.2. The van der Waals surface area contributed by atoms with Gasteiger partial charge >= 0.3 is 0 Å². The molecular formula is C12H14ClN3O3. The van der Waals surface area contributed by atoms with E-state index in [1.54, 1.807) is 0 Å². The van der Waals surface area contributed by atoms with E-state index in [4.69, 9.17) is 17.3 Å². The molecule has 0 unspecified atom stereocenters. The molecule has 0 bridgehead atoms. The molecule has 0 aliphatic heterocycles. The van der Waals surface area contributed by atoms with Crippen LogP contribution in [-0.2, 0) is 4.79 Å². The van der Waals surface area contributed by atoms with E-state index < -0.39 is 10.3 Å². The Labute approximate surface area is 115 Å². The van der Waals surface area contributed by atoms with Gasteiger partial charge < -0.3 is 11.1 Å². The zero-order chi connectivity index (χ0) is 14.0. The van der Waals surface area contributed by atoms with E-state index in [9.17, 15) is 14.9 Å². The van der Waals surface area contributed by atoms with Crippen LogP contribution < -0.4 is 11.1 Å². The fourth-order valence-electron chi connectivity index (χ4n) is 2.15. The summed E-state index contributed by atoms with van der Waals surface area (Å²) in [5.74, 6) is -0.272. The summed E-state index contributed by atoms with van der Waals surface area (Å²) >= 11 is 5.80. The molecule has 1 fully saturated rings. The molecule has 6 nitrogen and oxygen atoms in total. The number of rotatable bonds is 4. The first-order valence-corrected chi connectivity index (χ1v) is 6.32. The number of halogens is 1. The topological polar surface area (TPSA) is 98.3 Å². The van der Waals surface area contributed by atoms with Crippen molar-refractivity contribution < 1.29 is 9.72 Å². The Kier molecular flexibility index (Phi) is 3.73. The average Bonchev–Trinajstić information content (AvgIpc) is 2.27. The lowest BCUT2D eigenvalue weighted by Crippen LogP contribution is -2.47. The molecule has 1 aliphatic rings. The van der Waals surface area contributed by atoms with Crippen molar-refractivity contribution in [1.82, 2.24) is 0 Å². The number of nitrogens with one attached hydrogen (secondary N) is 1. The Hall–Kier alpha value is -1.66. The number of nitrogens with zero attached hydrogens (tertiary/aromatic N) is 1. The van der Waals surface area contributed by atoms with Gasteiger partial charge in [-0.05, 0) is 25.0 Å². The second-order valence-electron chi connectivity index (χ2n) is 4.71. The van der Waals surface area contributed by atoms with Crippen LogP contribution in [0.15, 0.2) is 18.2 Å². The molecule has 0 aromatic heterocycles. The van der Waals surface area contributed by atoms with Gasteiger partial charge in [0.25, 0.3) is 5.69 Å². The number of carbonyl (C=O) groups is 1. The lowest BCUT2D eigenvalue weighted by molar-refractivity contribution is -0.383. The van der Waals surface area contributed by atoms with Crippen molar-refractivity contribution in [3.05, 3.63) is 33.3 Å². The van der Waals surface area contributed by atoms with Crippen LogP contribution in [0.3, 0.4) is 0 Å². The van der Waals surface area contributed by atoms with Gasteiger partial charge in [0, 0.05) is 17.6 Å². The summed E-state index contributed by atoms with van der Waals surface area (Å²) in [6.45, 7) is 0.243. The van der Waals surface area contributed by atoms with Gasteiger partial charge in [-0.2, -0.15) is 0 Å². The molecule has 3 N–H and O–H groups in total. The quantitative estimate of drug-likeness (QED) is 0.654. The highest BCUT2D eigenvalue weighted by molar-refractivity contribution is 6.31.